The average molecular weight is 361 g/mol. The molecule has 0 bridgehead atoms. The van der Waals surface area contributed by atoms with Gasteiger partial charge < -0.3 is 10.0 Å². The zero-order valence-electron chi connectivity index (χ0n) is 13.9. The van der Waals surface area contributed by atoms with Crippen LogP contribution >= 0.6 is 0 Å². The molecule has 1 aliphatic carbocycles. The van der Waals surface area contributed by atoms with Gasteiger partial charge in [-0.05, 0) is 43.5 Å². The number of fused-ring (bicyclic) bond motifs is 1. The predicted molar refractivity (Wildman–Crippen MR) is 87.5 cm³/mol. The largest absolute Gasteiger partial charge is 0.479 e. The summed E-state index contributed by atoms with van der Waals surface area (Å²) in [7, 11) is 0. The number of halogens is 2. The lowest BCUT2D eigenvalue weighted by Gasteiger charge is -2.17. The number of carbonyl (C=O) groups is 2. The Morgan fingerprint density at radius 2 is 1.92 bits per heavy atom. The summed E-state index contributed by atoms with van der Waals surface area (Å²) in [5.74, 6) is -2.36. The molecule has 0 spiro atoms. The van der Waals surface area contributed by atoms with Gasteiger partial charge in [-0.1, -0.05) is 0 Å². The highest BCUT2D eigenvalue weighted by Crippen LogP contribution is 2.31. The molecule has 0 saturated carbocycles. The number of aliphatic carboxylic acids is 1. The van der Waals surface area contributed by atoms with E-state index in [0.29, 0.717) is 12.1 Å². The molecule has 1 amide bonds. The maximum Gasteiger partial charge on any atom is 0.343 e. The summed E-state index contributed by atoms with van der Waals surface area (Å²) in [5, 5.41) is 13.4. The molecular weight excluding hydrogens is 344 g/mol. The molecule has 26 heavy (non-hydrogen) atoms. The molecular formula is C18H17F2N3O3. The van der Waals surface area contributed by atoms with Crippen LogP contribution in [0.1, 0.15) is 34.6 Å². The summed E-state index contributed by atoms with van der Waals surface area (Å²) in [5.41, 5.74) is 0.181. The van der Waals surface area contributed by atoms with Gasteiger partial charge in [-0.2, -0.15) is 5.10 Å². The van der Waals surface area contributed by atoms with Crippen molar-refractivity contribution in [1.29, 1.82) is 0 Å². The fourth-order valence-electron chi connectivity index (χ4n) is 3.68. The number of benzene rings is 1. The quantitative estimate of drug-likeness (QED) is 0.909. The normalized spacial score (nSPS) is 21.8. The highest BCUT2D eigenvalue weighted by atomic mass is 19.1. The van der Waals surface area contributed by atoms with Crippen LogP contribution in [0.2, 0.25) is 0 Å². The first-order valence-corrected chi connectivity index (χ1v) is 8.47. The van der Waals surface area contributed by atoms with Crippen LogP contribution < -0.4 is 0 Å². The molecule has 1 saturated heterocycles. The van der Waals surface area contributed by atoms with E-state index < -0.39 is 24.1 Å². The van der Waals surface area contributed by atoms with E-state index in [4.69, 9.17) is 5.11 Å². The second-order valence-corrected chi connectivity index (χ2v) is 6.76. The molecule has 1 fully saturated rings. The van der Waals surface area contributed by atoms with Crippen LogP contribution in [0, 0.1) is 5.82 Å². The van der Waals surface area contributed by atoms with Crippen molar-refractivity contribution in [3.05, 3.63) is 47.0 Å². The molecule has 2 heterocycles. The highest BCUT2D eigenvalue weighted by Gasteiger charge is 2.47. The van der Waals surface area contributed by atoms with Crippen molar-refractivity contribution in [3.8, 4) is 5.69 Å². The smallest absolute Gasteiger partial charge is 0.343 e. The average Bonchev–Trinajstić information content (AvgIpc) is 3.30. The van der Waals surface area contributed by atoms with E-state index >= 15 is 0 Å². The van der Waals surface area contributed by atoms with Gasteiger partial charge >= 0.3 is 5.97 Å². The molecule has 1 unspecified atom stereocenters. The molecule has 1 N–H and O–H groups in total. The van der Waals surface area contributed by atoms with Gasteiger partial charge in [-0.3, -0.25) is 4.79 Å². The number of aromatic nitrogens is 2. The third kappa shape index (κ3) is 2.56. The first-order valence-electron chi connectivity index (χ1n) is 8.47. The van der Waals surface area contributed by atoms with Crippen LogP contribution in [0.5, 0.6) is 0 Å². The fourth-order valence-corrected chi connectivity index (χ4v) is 3.68. The molecule has 1 aromatic carbocycles. The van der Waals surface area contributed by atoms with Crippen LogP contribution in [0.3, 0.4) is 0 Å². The summed E-state index contributed by atoms with van der Waals surface area (Å²) in [6.07, 6.45) is 2.08. The molecule has 1 aromatic heterocycles. The minimum atomic E-state index is -2.40. The Morgan fingerprint density at radius 3 is 2.58 bits per heavy atom. The van der Waals surface area contributed by atoms with E-state index in [2.05, 4.69) is 5.10 Å². The van der Waals surface area contributed by atoms with Gasteiger partial charge in [0.25, 0.3) is 5.91 Å². The molecule has 1 aliphatic heterocycles. The lowest BCUT2D eigenvalue weighted by atomic mass is 10.1. The van der Waals surface area contributed by atoms with Crippen molar-refractivity contribution >= 4 is 11.9 Å². The second kappa shape index (κ2) is 5.89. The van der Waals surface area contributed by atoms with Crippen LogP contribution in [0.4, 0.5) is 8.78 Å². The number of nitrogens with zero attached hydrogens (tertiary/aromatic N) is 3. The molecule has 4 rings (SSSR count). The molecule has 2 aliphatic rings. The van der Waals surface area contributed by atoms with Gasteiger partial charge in [0, 0.05) is 24.2 Å². The van der Waals surface area contributed by atoms with Crippen LogP contribution in [-0.2, 0) is 17.6 Å². The molecule has 2 aromatic rings. The standard InChI is InChI=1S/C18H17F2N3O3/c19-11-4-6-12(7-5-11)23-14-3-1-2-13(14)15(21-23)16(24)22-9-8-18(20,10-22)17(25)26/h4-7H,1-3,8-10H2,(H,25,26). The van der Waals surface area contributed by atoms with E-state index in [1.54, 1.807) is 16.8 Å². The number of carboxylic acid groups (broad SMARTS) is 1. The Morgan fingerprint density at radius 1 is 1.19 bits per heavy atom. The fraction of sp³-hybridized carbons (Fsp3) is 0.389. The van der Waals surface area contributed by atoms with Crippen LogP contribution in [0.15, 0.2) is 24.3 Å². The van der Waals surface area contributed by atoms with Crippen LogP contribution in [-0.4, -0.2) is 50.4 Å². The van der Waals surface area contributed by atoms with Gasteiger partial charge in [0.1, 0.15) is 5.82 Å². The molecule has 136 valence electrons. The number of likely N-dealkylation sites (tertiary alicyclic amines) is 1. The van der Waals surface area contributed by atoms with E-state index in [1.165, 1.54) is 17.0 Å². The predicted octanol–water partition coefficient (Wildman–Crippen LogP) is 2.14. The molecule has 0 radical (unpaired) electrons. The Hall–Kier alpha value is -2.77. The van der Waals surface area contributed by atoms with Crippen molar-refractivity contribution < 1.29 is 23.5 Å². The topological polar surface area (TPSA) is 75.4 Å². The number of rotatable bonds is 3. The van der Waals surface area contributed by atoms with Crippen LogP contribution in [0.25, 0.3) is 5.69 Å². The summed E-state index contributed by atoms with van der Waals surface area (Å²) < 4.78 is 29.1. The maximum atomic E-state index is 14.3. The number of amides is 1. The van der Waals surface area contributed by atoms with E-state index in [9.17, 15) is 18.4 Å². The van der Waals surface area contributed by atoms with Crippen molar-refractivity contribution in [2.45, 2.75) is 31.4 Å². The van der Waals surface area contributed by atoms with Gasteiger partial charge in [0.05, 0.1) is 12.2 Å². The van der Waals surface area contributed by atoms with E-state index in [1.807, 2.05) is 0 Å². The summed E-state index contributed by atoms with van der Waals surface area (Å²) >= 11 is 0. The SMILES string of the molecule is O=C(c1nn(-c2ccc(F)cc2)c2c1CCC2)N1CCC(F)(C(=O)O)C1. The van der Waals surface area contributed by atoms with E-state index in [-0.39, 0.29) is 24.5 Å². The van der Waals surface area contributed by atoms with Crippen molar-refractivity contribution in [2.75, 3.05) is 13.1 Å². The Balaban J connectivity index is 1.68. The summed E-state index contributed by atoms with van der Waals surface area (Å²) in [6.45, 7) is -0.431. The molecule has 1 atom stereocenters. The number of carbonyl (C=O) groups excluding carboxylic acids is 1. The molecule has 6 nitrogen and oxygen atoms in total. The first kappa shape index (κ1) is 16.7. The van der Waals surface area contributed by atoms with E-state index in [0.717, 1.165) is 24.1 Å². The van der Waals surface area contributed by atoms with Crippen molar-refractivity contribution in [2.24, 2.45) is 0 Å². The number of hydrogen-bond donors (Lipinski definition) is 1. The minimum Gasteiger partial charge on any atom is -0.479 e. The van der Waals surface area contributed by atoms with Crippen molar-refractivity contribution in [3.63, 3.8) is 0 Å². The Kier molecular flexibility index (Phi) is 3.78. The minimum absolute atomic E-state index is 0.0415. The maximum absolute atomic E-state index is 14.3. The van der Waals surface area contributed by atoms with Gasteiger partial charge in [-0.25, -0.2) is 18.3 Å². The third-order valence-corrected chi connectivity index (χ3v) is 5.09. The molecule has 8 heteroatoms. The monoisotopic (exact) mass is 361 g/mol. The zero-order valence-corrected chi connectivity index (χ0v) is 13.9. The Bertz CT molecular complexity index is 894. The lowest BCUT2D eigenvalue weighted by Crippen LogP contribution is -2.39. The number of hydrogen-bond acceptors (Lipinski definition) is 3. The lowest BCUT2D eigenvalue weighted by molar-refractivity contribution is -0.149. The van der Waals surface area contributed by atoms with Crippen molar-refractivity contribution in [1.82, 2.24) is 14.7 Å². The van der Waals surface area contributed by atoms with Gasteiger partial charge in [0.2, 0.25) is 5.67 Å². The first-order chi connectivity index (χ1) is 12.4. The summed E-state index contributed by atoms with van der Waals surface area (Å²) in [6, 6.07) is 5.82. The third-order valence-electron chi connectivity index (χ3n) is 5.09. The number of carboxylic acids is 1. The Labute approximate surface area is 148 Å². The number of alkyl halides is 1. The highest BCUT2D eigenvalue weighted by molar-refractivity contribution is 5.95. The van der Waals surface area contributed by atoms with Gasteiger partial charge in [0.15, 0.2) is 5.69 Å². The van der Waals surface area contributed by atoms with Gasteiger partial charge in [-0.15, -0.1) is 0 Å². The zero-order chi connectivity index (χ0) is 18.5. The second-order valence-electron chi connectivity index (χ2n) is 6.76. The summed E-state index contributed by atoms with van der Waals surface area (Å²) in [4.78, 5) is 25.1.